The van der Waals surface area contributed by atoms with Crippen LogP contribution in [0.2, 0.25) is 0 Å². The summed E-state index contributed by atoms with van der Waals surface area (Å²) in [6.45, 7) is 5.74. The van der Waals surface area contributed by atoms with E-state index in [1.54, 1.807) is 68.6 Å². The first-order valence-corrected chi connectivity index (χ1v) is 11.1. The largest absolute Gasteiger partial charge is 0.497 e. The number of hydrogen-bond donors (Lipinski definition) is 2. The number of nitrogens with one attached hydrogen (secondary N) is 2. The van der Waals surface area contributed by atoms with Gasteiger partial charge in [-0.05, 0) is 49.2 Å². The first-order chi connectivity index (χ1) is 15.8. The van der Waals surface area contributed by atoms with Gasteiger partial charge in [0.15, 0.2) is 0 Å². The maximum Gasteiger partial charge on any atom is 0.257 e. The molecule has 3 rings (SSSR count). The highest BCUT2D eigenvalue weighted by Gasteiger charge is 2.25. The second-order valence-corrected chi connectivity index (χ2v) is 8.45. The van der Waals surface area contributed by atoms with Crippen molar-refractivity contribution in [3.8, 4) is 11.5 Å². The normalized spacial score (nSPS) is 21.8. The first-order valence-electron chi connectivity index (χ1n) is 11.1. The van der Waals surface area contributed by atoms with Gasteiger partial charge in [-0.3, -0.25) is 9.59 Å². The molecular weight excluding hydrogens is 422 g/mol. The lowest BCUT2D eigenvalue weighted by Crippen LogP contribution is -2.44. The van der Waals surface area contributed by atoms with Gasteiger partial charge < -0.3 is 29.7 Å². The zero-order valence-electron chi connectivity index (χ0n) is 19.9. The quantitative estimate of drug-likeness (QED) is 0.737. The van der Waals surface area contributed by atoms with Gasteiger partial charge in [-0.15, -0.1) is 0 Å². The third-order valence-corrected chi connectivity index (χ3v) is 5.81. The molecule has 2 amide bonds. The molecule has 1 aliphatic rings. The molecule has 0 saturated carbocycles. The standard InChI is InChI=1S/C25H33N3O5/c1-16-13-26-17(2)15-33-22-10-9-19(12-21(22)25(30)28(3)14-23(16)32-5)27-24(29)18-7-6-8-20(11-18)31-4/h6-12,16-17,23,26H,13-15H2,1-5H3,(H,27,29)/t16-,17+,23+/m1/s1. The van der Waals surface area contributed by atoms with Gasteiger partial charge in [-0.1, -0.05) is 13.0 Å². The number of anilines is 1. The number of hydrogen-bond acceptors (Lipinski definition) is 6. The molecule has 8 heteroatoms. The van der Waals surface area contributed by atoms with Crippen molar-refractivity contribution >= 4 is 17.5 Å². The maximum absolute atomic E-state index is 13.3. The Morgan fingerprint density at radius 2 is 1.97 bits per heavy atom. The number of carbonyl (C=O) groups excluding carboxylic acids is 2. The lowest BCUT2D eigenvalue weighted by Gasteiger charge is -2.30. The van der Waals surface area contributed by atoms with E-state index in [0.717, 1.165) is 6.54 Å². The Bertz CT molecular complexity index is 980. The van der Waals surface area contributed by atoms with Crippen molar-refractivity contribution in [2.45, 2.75) is 26.0 Å². The van der Waals surface area contributed by atoms with Crippen LogP contribution in [0.25, 0.3) is 0 Å². The van der Waals surface area contributed by atoms with Crippen LogP contribution in [0.1, 0.15) is 34.6 Å². The predicted molar refractivity (Wildman–Crippen MR) is 127 cm³/mol. The molecule has 0 aliphatic carbocycles. The molecule has 2 aromatic rings. The highest BCUT2D eigenvalue weighted by atomic mass is 16.5. The number of amides is 2. The zero-order chi connectivity index (χ0) is 24.0. The molecule has 0 radical (unpaired) electrons. The average molecular weight is 456 g/mol. The van der Waals surface area contributed by atoms with Crippen LogP contribution in [-0.4, -0.2) is 69.8 Å². The van der Waals surface area contributed by atoms with Crippen LogP contribution in [-0.2, 0) is 4.74 Å². The number of fused-ring (bicyclic) bond motifs is 1. The van der Waals surface area contributed by atoms with Crippen LogP contribution in [0, 0.1) is 5.92 Å². The van der Waals surface area contributed by atoms with E-state index >= 15 is 0 Å². The van der Waals surface area contributed by atoms with Crippen molar-refractivity contribution in [3.63, 3.8) is 0 Å². The lowest BCUT2D eigenvalue weighted by atomic mass is 10.0. The molecule has 0 spiro atoms. The monoisotopic (exact) mass is 455 g/mol. The number of nitrogens with zero attached hydrogens (tertiary/aromatic N) is 1. The summed E-state index contributed by atoms with van der Waals surface area (Å²) in [5.41, 5.74) is 1.34. The number of ether oxygens (including phenoxy) is 3. The Morgan fingerprint density at radius 1 is 1.18 bits per heavy atom. The topological polar surface area (TPSA) is 89.1 Å². The van der Waals surface area contributed by atoms with Crippen LogP contribution in [0.3, 0.4) is 0 Å². The van der Waals surface area contributed by atoms with Crippen LogP contribution in [0.5, 0.6) is 11.5 Å². The average Bonchev–Trinajstić information content (AvgIpc) is 2.83. The lowest BCUT2D eigenvalue weighted by molar-refractivity contribution is 0.0281. The van der Waals surface area contributed by atoms with Crippen molar-refractivity contribution in [3.05, 3.63) is 53.6 Å². The summed E-state index contributed by atoms with van der Waals surface area (Å²) >= 11 is 0. The van der Waals surface area contributed by atoms with Crippen LogP contribution in [0.15, 0.2) is 42.5 Å². The zero-order valence-corrected chi connectivity index (χ0v) is 19.9. The van der Waals surface area contributed by atoms with E-state index in [0.29, 0.717) is 41.5 Å². The second-order valence-electron chi connectivity index (χ2n) is 8.45. The Morgan fingerprint density at radius 3 is 2.70 bits per heavy atom. The third-order valence-electron chi connectivity index (χ3n) is 5.81. The van der Waals surface area contributed by atoms with Gasteiger partial charge in [0.25, 0.3) is 11.8 Å². The second kappa shape index (κ2) is 11.2. The van der Waals surface area contributed by atoms with E-state index in [9.17, 15) is 9.59 Å². The fraction of sp³-hybridized carbons (Fsp3) is 0.440. The van der Waals surface area contributed by atoms with Crippen LogP contribution >= 0.6 is 0 Å². The van der Waals surface area contributed by atoms with Crippen molar-refractivity contribution in [1.82, 2.24) is 10.2 Å². The van der Waals surface area contributed by atoms with Gasteiger partial charge in [0.2, 0.25) is 0 Å². The highest BCUT2D eigenvalue weighted by molar-refractivity contribution is 6.05. The van der Waals surface area contributed by atoms with Crippen molar-refractivity contribution in [2.75, 3.05) is 46.3 Å². The Labute approximate surface area is 195 Å². The summed E-state index contributed by atoms with van der Waals surface area (Å²) in [5, 5.41) is 6.32. The van der Waals surface area contributed by atoms with Gasteiger partial charge in [0, 0.05) is 44.5 Å². The van der Waals surface area contributed by atoms with E-state index in [2.05, 4.69) is 17.6 Å². The van der Waals surface area contributed by atoms with E-state index in [-0.39, 0.29) is 29.9 Å². The molecule has 3 atom stereocenters. The Hall–Kier alpha value is -3.10. The van der Waals surface area contributed by atoms with Gasteiger partial charge in [0.1, 0.15) is 18.1 Å². The molecule has 2 N–H and O–H groups in total. The molecule has 8 nitrogen and oxygen atoms in total. The molecule has 33 heavy (non-hydrogen) atoms. The van der Waals surface area contributed by atoms with E-state index in [1.165, 1.54) is 0 Å². The van der Waals surface area contributed by atoms with E-state index in [1.807, 2.05) is 6.92 Å². The molecule has 0 aromatic heterocycles. The minimum absolute atomic E-state index is 0.0949. The summed E-state index contributed by atoms with van der Waals surface area (Å²) in [6, 6.07) is 12.1. The molecule has 0 bridgehead atoms. The Kier molecular flexibility index (Phi) is 8.30. The molecule has 178 valence electrons. The van der Waals surface area contributed by atoms with Gasteiger partial charge in [-0.2, -0.15) is 0 Å². The van der Waals surface area contributed by atoms with Crippen LogP contribution < -0.4 is 20.1 Å². The summed E-state index contributed by atoms with van der Waals surface area (Å²) < 4.78 is 16.8. The fourth-order valence-corrected chi connectivity index (χ4v) is 3.71. The number of benzene rings is 2. The summed E-state index contributed by atoms with van der Waals surface area (Å²) in [6.07, 6.45) is -0.113. The Balaban J connectivity index is 1.88. The number of likely N-dealkylation sites (N-methyl/N-ethyl adjacent to an activating group) is 1. The van der Waals surface area contributed by atoms with E-state index in [4.69, 9.17) is 14.2 Å². The SMILES string of the molecule is COc1cccc(C(=O)Nc2ccc3c(c2)C(=O)N(C)C[C@H](OC)[C@H](C)CN[C@@H](C)CO3)c1. The van der Waals surface area contributed by atoms with Crippen molar-refractivity contribution in [2.24, 2.45) is 5.92 Å². The molecule has 0 saturated heterocycles. The summed E-state index contributed by atoms with van der Waals surface area (Å²) in [5.74, 6) is 0.783. The third kappa shape index (κ3) is 6.24. The van der Waals surface area contributed by atoms with Gasteiger partial charge in [0.05, 0.1) is 18.8 Å². The predicted octanol–water partition coefficient (Wildman–Crippen LogP) is 3.04. The maximum atomic E-state index is 13.3. The minimum Gasteiger partial charge on any atom is -0.497 e. The van der Waals surface area contributed by atoms with Gasteiger partial charge in [-0.25, -0.2) is 0 Å². The smallest absolute Gasteiger partial charge is 0.257 e. The molecule has 1 aliphatic heterocycles. The fourth-order valence-electron chi connectivity index (χ4n) is 3.71. The van der Waals surface area contributed by atoms with Crippen molar-refractivity contribution in [1.29, 1.82) is 0 Å². The molecule has 0 unspecified atom stereocenters. The number of methoxy groups -OCH3 is 2. The summed E-state index contributed by atoms with van der Waals surface area (Å²) in [7, 11) is 4.96. The number of rotatable bonds is 4. The van der Waals surface area contributed by atoms with Gasteiger partial charge >= 0.3 is 0 Å². The minimum atomic E-state index is -0.296. The van der Waals surface area contributed by atoms with Crippen molar-refractivity contribution < 1.29 is 23.8 Å². The molecule has 1 heterocycles. The molecule has 0 fully saturated rings. The summed E-state index contributed by atoms with van der Waals surface area (Å²) in [4.78, 5) is 27.7. The molecular formula is C25H33N3O5. The van der Waals surface area contributed by atoms with Crippen LogP contribution in [0.4, 0.5) is 5.69 Å². The highest BCUT2D eigenvalue weighted by Crippen LogP contribution is 2.26. The van der Waals surface area contributed by atoms with E-state index < -0.39 is 0 Å². The first kappa shape index (κ1) is 24.5. The number of carbonyl (C=O) groups is 2. The molecule has 2 aromatic carbocycles.